The number of benzene rings is 7. The second-order valence-corrected chi connectivity index (χ2v) is 26.6. The van der Waals surface area contributed by atoms with Crippen LogP contribution in [-0.4, -0.2) is 113 Å². The molecule has 0 bridgehead atoms. The first-order valence-electron chi connectivity index (χ1n) is 35.8. The summed E-state index contributed by atoms with van der Waals surface area (Å²) in [7, 11) is 0. The molecule has 0 fully saturated rings. The summed E-state index contributed by atoms with van der Waals surface area (Å²) in [5, 5.41) is 38.1. The fourth-order valence-corrected chi connectivity index (χ4v) is 15.2. The van der Waals surface area contributed by atoms with E-state index in [2.05, 4.69) is 84.9 Å². The van der Waals surface area contributed by atoms with Gasteiger partial charge in [0.15, 0.2) is 0 Å². The van der Waals surface area contributed by atoms with E-state index in [1.807, 2.05) is 244 Å². The molecule has 0 spiro atoms. The van der Waals surface area contributed by atoms with Crippen molar-refractivity contribution in [1.82, 2.24) is 87.5 Å². The molecule has 17 aromatic rings. The van der Waals surface area contributed by atoms with Crippen molar-refractivity contribution in [3.63, 3.8) is 0 Å². The number of rotatable bonds is 17. The maximum Gasteiger partial charge on any atom is 3.00 e. The molecular weight excluding hydrogens is 1630 g/mol. The van der Waals surface area contributed by atoms with Gasteiger partial charge in [0.25, 0.3) is 25.7 Å². The number of hydrogen-bond donors (Lipinski definition) is 0. The fourth-order valence-electron chi connectivity index (χ4n) is 15.2. The van der Waals surface area contributed by atoms with Gasteiger partial charge in [0, 0.05) is 49.6 Å². The van der Waals surface area contributed by atoms with Crippen LogP contribution in [0.15, 0.2) is 366 Å². The first-order chi connectivity index (χ1) is 55.9. The van der Waals surface area contributed by atoms with Crippen LogP contribution in [0, 0.1) is 0 Å². The van der Waals surface area contributed by atoms with Crippen LogP contribution in [0.4, 0.5) is 64.1 Å². The SMILES string of the molecule is [Co+3].[Co+3].[NH-]c1cc(C(F)(F)F)cc(C(F)(F)F)c1-c1c([NH-])cc(C(F)(F)F)cc1C(F)(F)F.c1ccc([B-](c2cccc([B-](c3ccccc3)(n3cccn3)n3cccn3)n2)(n2cccn2)n2cccn2)cc1.c1ccc([B-](c2cccc([B-](c3ccccc3)(n3cccn3)n3cccn3)n2)(n2cccn2)n2cccn2)cc1.c1ccccc1. The van der Waals surface area contributed by atoms with Crippen LogP contribution in [0.5, 0.6) is 0 Å². The van der Waals surface area contributed by atoms with Crippen molar-refractivity contribution in [1.29, 1.82) is 0 Å². The molecule has 0 atom stereocenters. The number of nitrogens with one attached hydrogen (secondary N) is 2. The Kier molecular flexibility index (Phi) is 24.9. The van der Waals surface area contributed by atoms with E-state index in [0.717, 1.165) is 44.2 Å². The molecule has 10 heterocycles. The second-order valence-electron chi connectivity index (χ2n) is 26.6. The summed E-state index contributed by atoms with van der Waals surface area (Å²) in [6.45, 7) is 0. The largest absolute Gasteiger partial charge is 3.00 e. The summed E-state index contributed by atoms with van der Waals surface area (Å²) < 4.78 is 173. The Morgan fingerprint density at radius 2 is 0.415 bits per heavy atom. The molecule has 596 valence electrons. The minimum absolute atomic E-state index is 0. The van der Waals surface area contributed by atoms with E-state index >= 15 is 0 Å². The third kappa shape index (κ3) is 16.1. The zero-order chi connectivity index (χ0) is 81.4. The zero-order valence-electron chi connectivity index (χ0n) is 61.2. The standard InChI is InChI=1S/2C29H25B2N9.C16H6F12N2.C6H6.2Co/c2*1-3-12-26(13-4-1)30(37-22-8-18-32-37,38-23-9-19-33-38)28-16-7-17-29(36-28)31(39-24-10-20-34-39,40-25-11-21-35-40)27-14-5-2-6-15-27;17-13(18,19)5-1-7(15(23,24)25)11(9(29)3-5)12-8(16(26,27)28)2-6(4-10(12)30)14(20,21)22;1-2-4-6-5-3-1;;/h2*1-25H;1-4,29-30H;1-6H;;/q3*-2;;2*+3. The van der Waals surface area contributed by atoms with Gasteiger partial charge >= 0.3 is 58.3 Å². The first-order valence-corrected chi connectivity index (χ1v) is 35.8. The van der Waals surface area contributed by atoms with Crippen LogP contribution in [-0.2, 0) is 58.3 Å². The monoisotopic (exact) mass is 1690 g/mol. The zero-order valence-corrected chi connectivity index (χ0v) is 63.3. The number of nitrogens with zero attached hydrogens (tertiary/aromatic N) is 18. The van der Waals surface area contributed by atoms with Crippen molar-refractivity contribution in [3.05, 3.63) is 400 Å². The van der Waals surface area contributed by atoms with E-state index in [9.17, 15) is 52.7 Å². The van der Waals surface area contributed by atoms with Crippen LogP contribution in [0.25, 0.3) is 22.6 Å². The number of aromatic nitrogens is 18. The van der Waals surface area contributed by atoms with Gasteiger partial charge in [-0.15, -0.1) is 11.4 Å². The van der Waals surface area contributed by atoms with Gasteiger partial charge < -0.3 is 58.2 Å². The topological polar surface area (TPSA) is 216 Å². The van der Waals surface area contributed by atoms with Gasteiger partial charge in [-0.05, 0) is 121 Å². The summed E-state index contributed by atoms with van der Waals surface area (Å²) in [5.74, 6) is 0. The van der Waals surface area contributed by atoms with Crippen molar-refractivity contribution in [2.24, 2.45) is 0 Å². The molecule has 17 rings (SSSR count). The molecule has 118 heavy (non-hydrogen) atoms. The van der Waals surface area contributed by atoms with Gasteiger partial charge in [-0.2, -0.15) is 74.5 Å². The predicted molar refractivity (Wildman–Crippen MR) is 422 cm³/mol. The van der Waals surface area contributed by atoms with E-state index in [0.29, 0.717) is 0 Å². The Balaban J connectivity index is 0.000000157. The van der Waals surface area contributed by atoms with Crippen molar-refractivity contribution in [3.8, 4) is 11.1 Å². The van der Waals surface area contributed by atoms with Crippen LogP contribution in [0.1, 0.15) is 22.3 Å². The van der Waals surface area contributed by atoms with Crippen molar-refractivity contribution >= 4 is 81.3 Å². The quantitative estimate of drug-likeness (QED) is 0.0620. The van der Waals surface area contributed by atoms with Crippen molar-refractivity contribution in [2.45, 2.75) is 24.7 Å². The molecule has 20 nitrogen and oxygen atoms in total. The summed E-state index contributed by atoms with van der Waals surface area (Å²) >= 11 is 0. The van der Waals surface area contributed by atoms with Crippen LogP contribution < -0.4 is 44.2 Å². The van der Waals surface area contributed by atoms with Gasteiger partial charge in [-0.3, -0.25) is 0 Å². The molecule has 10 aromatic heterocycles. The number of halogens is 12. The minimum atomic E-state index is -5.72. The maximum atomic E-state index is 13.3. The Bertz CT molecular complexity index is 5170. The molecule has 0 saturated heterocycles. The molecule has 38 heteroatoms. The van der Waals surface area contributed by atoms with Gasteiger partial charge in [-0.1, -0.05) is 229 Å². The molecule has 0 aliphatic carbocycles. The smallest absolute Gasteiger partial charge is 0.698 e. The summed E-state index contributed by atoms with van der Waals surface area (Å²) in [4.78, 5) is 11.0. The third-order valence-corrected chi connectivity index (χ3v) is 20.0. The van der Waals surface area contributed by atoms with Crippen molar-refractivity contribution < 1.29 is 86.2 Å². The Morgan fingerprint density at radius 3 is 0.576 bits per heavy atom. The van der Waals surface area contributed by atoms with E-state index < -0.39 is 107 Å². The predicted octanol–water partition coefficient (Wildman–Crippen LogP) is 12.8. The van der Waals surface area contributed by atoms with Crippen molar-refractivity contribution in [2.75, 3.05) is 0 Å². The normalized spacial score (nSPS) is 12.0. The van der Waals surface area contributed by atoms with Gasteiger partial charge in [0.05, 0.1) is 22.3 Å². The molecule has 0 saturated carbocycles. The maximum absolute atomic E-state index is 13.3. The average Bonchev–Trinajstić information content (AvgIpc) is 1.28. The Hall–Kier alpha value is -13.4. The average molecular weight is 1690 g/mol. The fraction of sp³-hybridized carbons (Fsp3) is 0.0500. The second kappa shape index (κ2) is 34.9. The molecule has 0 aliphatic heterocycles. The molecular formula is C80H62B4Co2F12N20. The number of hydrogen-bond acceptors (Lipinski definition) is 10. The van der Waals surface area contributed by atoms with Gasteiger partial charge in [0.1, 0.15) is 0 Å². The molecule has 0 unspecified atom stereocenters. The van der Waals surface area contributed by atoms with E-state index in [1.54, 1.807) is 49.6 Å². The first kappa shape index (κ1) is 84.0. The van der Waals surface area contributed by atoms with Gasteiger partial charge in [-0.25, -0.2) is 40.8 Å². The van der Waals surface area contributed by atoms with Crippen LogP contribution in [0.2, 0.25) is 0 Å². The molecule has 0 aliphatic rings. The van der Waals surface area contributed by atoms with E-state index in [4.69, 9.17) is 62.2 Å². The third-order valence-electron chi connectivity index (χ3n) is 20.0. The Labute approximate surface area is 686 Å². The summed E-state index contributed by atoms with van der Waals surface area (Å²) in [5.41, 5.74) is 6.53. The van der Waals surface area contributed by atoms with E-state index in [-0.39, 0.29) is 45.7 Å². The van der Waals surface area contributed by atoms with Crippen LogP contribution in [0.3, 0.4) is 0 Å². The van der Waals surface area contributed by atoms with Crippen LogP contribution >= 0.6 is 0 Å². The minimum Gasteiger partial charge on any atom is -0.698 e. The molecule has 0 amide bonds. The summed E-state index contributed by atoms with van der Waals surface area (Å²) in [6, 6.07) is 79.4. The summed E-state index contributed by atoms with van der Waals surface area (Å²) in [6.07, 6.45) is 0.0323. The van der Waals surface area contributed by atoms with Gasteiger partial charge in [0.2, 0.25) is 0 Å². The molecule has 2 N–H and O–H groups in total. The number of pyridine rings is 2. The number of alkyl halides is 12. The Morgan fingerprint density at radius 1 is 0.229 bits per heavy atom. The molecule has 0 radical (unpaired) electrons. The molecule has 7 aromatic carbocycles. The van der Waals surface area contributed by atoms with E-state index in [1.165, 1.54) is 0 Å².